The highest BCUT2D eigenvalue weighted by Crippen LogP contribution is 2.36. The highest BCUT2D eigenvalue weighted by molar-refractivity contribution is 6.36. The molecular formula is C15H16Cl2N2O. The van der Waals surface area contributed by atoms with Gasteiger partial charge in [-0.3, -0.25) is 0 Å². The van der Waals surface area contributed by atoms with Crippen LogP contribution in [0.1, 0.15) is 16.7 Å². The van der Waals surface area contributed by atoms with Crippen molar-refractivity contribution >= 4 is 29.0 Å². The molecule has 3 nitrogen and oxygen atoms in total. The molecule has 0 bridgehead atoms. The van der Waals surface area contributed by atoms with Gasteiger partial charge in [-0.1, -0.05) is 35.3 Å². The van der Waals surface area contributed by atoms with Gasteiger partial charge in [-0.05, 0) is 43.5 Å². The largest absolute Gasteiger partial charge is 0.437 e. The van der Waals surface area contributed by atoms with Crippen molar-refractivity contribution in [3.63, 3.8) is 0 Å². The van der Waals surface area contributed by atoms with Gasteiger partial charge in [0.1, 0.15) is 16.6 Å². The van der Waals surface area contributed by atoms with Gasteiger partial charge in [-0.2, -0.15) is 4.98 Å². The average molecular weight is 311 g/mol. The number of pyridine rings is 1. The van der Waals surface area contributed by atoms with Gasteiger partial charge in [0.2, 0.25) is 5.88 Å². The summed E-state index contributed by atoms with van der Waals surface area (Å²) in [7, 11) is 1.75. The van der Waals surface area contributed by atoms with Crippen molar-refractivity contribution in [3.05, 3.63) is 44.9 Å². The topological polar surface area (TPSA) is 34.2 Å². The van der Waals surface area contributed by atoms with E-state index < -0.39 is 0 Å². The summed E-state index contributed by atoms with van der Waals surface area (Å²) >= 11 is 12.2. The number of ether oxygens (including phenoxy) is 1. The fraction of sp³-hybridized carbons (Fsp3) is 0.267. The van der Waals surface area contributed by atoms with E-state index in [-0.39, 0.29) is 0 Å². The average Bonchev–Trinajstić information content (AvgIpc) is 2.41. The summed E-state index contributed by atoms with van der Waals surface area (Å²) in [6, 6.07) is 5.70. The van der Waals surface area contributed by atoms with Gasteiger partial charge in [0.05, 0.1) is 5.02 Å². The van der Waals surface area contributed by atoms with E-state index >= 15 is 0 Å². The van der Waals surface area contributed by atoms with Crippen LogP contribution in [-0.2, 0) is 0 Å². The van der Waals surface area contributed by atoms with Crippen molar-refractivity contribution in [2.75, 3.05) is 12.4 Å². The molecule has 0 atom stereocenters. The summed E-state index contributed by atoms with van der Waals surface area (Å²) in [6.07, 6.45) is 0. The zero-order chi connectivity index (χ0) is 14.9. The molecule has 0 saturated heterocycles. The van der Waals surface area contributed by atoms with Crippen LogP contribution in [0.15, 0.2) is 18.2 Å². The SMILES string of the molecule is CNc1nc(Oc2c(C)ccc(C)c2C)c(Cl)cc1Cl. The van der Waals surface area contributed by atoms with Crippen LogP contribution in [0.3, 0.4) is 0 Å². The lowest BCUT2D eigenvalue weighted by Gasteiger charge is -2.15. The highest BCUT2D eigenvalue weighted by Gasteiger charge is 2.14. The van der Waals surface area contributed by atoms with E-state index in [1.807, 2.05) is 26.8 Å². The first-order valence-electron chi connectivity index (χ1n) is 6.22. The number of hydrogen-bond donors (Lipinski definition) is 1. The van der Waals surface area contributed by atoms with E-state index in [0.29, 0.717) is 21.7 Å². The number of rotatable bonds is 3. The Hall–Kier alpha value is -1.45. The molecule has 1 aromatic carbocycles. The molecule has 2 aromatic rings. The number of aryl methyl sites for hydroxylation is 2. The molecule has 0 radical (unpaired) electrons. The third-order valence-electron chi connectivity index (χ3n) is 3.21. The number of hydrogen-bond acceptors (Lipinski definition) is 3. The number of anilines is 1. The Bertz CT molecular complexity index is 657. The molecule has 0 spiro atoms. The van der Waals surface area contributed by atoms with E-state index in [4.69, 9.17) is 27.9 Å². The van der Waals surface area contributed by atoms with E-state index in [2.05, 4.69) is 16.4 Å². The maximum atomic E-state index is 6.15. The normalized spacial score (nSPS) is 10.5. The molecular weight excluding hydrogens is 295 g/mol. The van der Waals surface area contributed by atoms with Crippen LogP contribution in [-0.4, -0.2) is 12.0 Å². The molecule has 1 N–H and O–H groups in total. The minimum atomic E-state index is 0.345. The van der Waals surface area contributed by atoms with Crippen LogP contribution in [0.5, 0.6) is 11.6 Å². The maximum absolute atomic E-state index is 6.15. The van der Waals surface area contributed by atoms with Crippen LogP contribution in [0, 0.1) is 20.8 Å². The van der Waals surface area contributed by atoms with Gasteiger partial charge in [0.15, 0.2) is 0 Å². The Kier molecular flexibility index (Phi) is 4.41. The monoisotopic (exact) mass is 310 g/mol. The minimum absolute atomic E-state index is 0.345. The zero-order valence-electron chi connectivity index (χ0n) is 11.8. The molecule has 0 amide bonds. The number of nitrogens with one attached hydrogen (secondary N) is 1. The number of halogens is 2. The number of aromatic nitrogens is 1. The first kappa shape index (κ1) is 14.9. The second-order valence-electron chi connectivity index (χ2n) is 4.61. The fourth-order valence-electron chi connectivity index (χ4n) is 1.88. The Balaban J connectivity index is 2.48. The van der Waals surface area contributed by atoms with Gasteiger partial charge < -0.3 is 10.1 Å². The van der Waals surface area contributed by atoms with Crippen molar-refractivity contribution in [2.24, 2.45) is 0 Å². The molecule has 0 saturated carbocycles. The quantitative estimate of drug-likeness (QED) is 0.851. The second-order valence-corrected chi connectivity index (χ2v) is 5.43. The summed E-state index contributed by atoms with van der Waals surface area (Å²) in [5.41, 5.74) is 3.26. The van der Waals surface area contributed by atoms with Crippen molar-refractivity contribution in [1.82, 2.24) is 4.98 Å². The summed E-state index contributed by atoms with van der Waals surface area (Å²) in [4.78, 5) is 4.30. The van der Waals surface area contributed by atoms with Gasteiger partial charge in [0, 0.05) is 7.05 Å². The Morgan fingerprint density at radius 1 is 1.05 bits per heavy atom. The van der Waals surface area contributed by atoms with Gasteiger partial charge in [0.25, 0.3) is 0 Å². The standard InChI is InChI=1S/C15H16Cl2N2O/c1-8-5-6-9(2)13(10(8)3)20-15-12(17)7-11(16)14(18-4)19-15/h5-7H,1-4H3,(H,18,19). The highest BCUT2D eigenvalue weighted by atomic mass is 35.5. The lowest BCUT2D eigenvalue weighted by molar-refractivity contribution is 0.456. The van der Waals surface area contributed by atoms with Crippen LogP contribution < -0.4 is 10.1 Å². The molecule has 0 unspecified atom stereocenters. The Morgan fingerprint density at radius 3 is 2.35 bits per heavy atom. The van der Waals surface area contributed by atoms with Crippen LogP contribution in [0.2, 0.25) is 10.0 Å². The lowest BCUT2D eigenvalue weighted by Crippen LogP contribution is -1.99. The van der Waals surface area contributed by atoms with Crippen molar-refractivity contribution in [1.29, 1.82) is 0 Å². The fourth-order valence-corrected chi connectivity index (χ4v) is 2.37. The predicted molar refractivity (Wildman–Crippen MR) is 84.5 cm³/mol. The summed E-state index contributed by atoms with van der Waals surface area (Å²) in [5, 5.41) is 3.75. The van der Waals surface area contributed by atoms with E-state index in [0.717, 1.165) is 22.4 Å². The third kappa shape index (κ3) is 2.84. The van der Waals surface area contributed by atoms with Crippen molar-refractivity contribution in [2.45, 2.75) is 20.8 Å². The molecule has 0 aliphatic heterocycles. The lowest BCUT2D eigenvalue weighted by atomic mass is 10.1. The van der Waals surface area contributed by atoms with E-state index in [1.54, 1.807) is 13.1 Å². The molecule has 5 heteroatoms. The van der Waals surface area contributed by atoms with Gasteiger partial charge >= 0.3 is 0 Å². The van der Waals surface area contributed by atoms with E-state index in [1.165, 1.54) is 0 Å². The summed E-state index contributed by atoms with van der Waals surface area (Å²) in [6.45, 7) is 6.04. The Morgan fingerprint density at radius 2 is 1.70 bits per heavy atom. The molecule has 0 fully saturated rings. The molecule has 0 aliphatic rings. The van der Waals surface area contributed by atoms with Crippen LogP contribution in [0.25, 0.3) is 0 Å². The number of benzene rings is 1. The van der Waals surface area contributed by atoms with Crippen molar-refractivity contribution < 1.29 is 4.74 Å². The van der Waals surface area contributed by atoms with Gasteiger partial charge in [-0.15, -0.1) is 0 Å². The third-order valence-corrected chi connectivity index (χ3v) is 3.77. The van der Waals surface area contributed by atoms with Gasteiger partial charge in [-0.25, -0.2) is 0 Å². The molecule has 1 heterocycles. The number of nitrogens with zero attached hydrogens (tertiary/aromatic N) is 1. The molecule has 0 aliphatic carbocycles. The molecule has 106 valence electrons. The smallest absolute Gasteiger partial charge is 0.240 e. The summed E-state index contributed by atoms with van der Waals surface area (Å²) < 4.78 is 5.91. The zero-order valence-corrected chi connectivity index (χ0v) is 13.4. The van der Waals surface area contributed by atoms with Crippen LogP contribution in [0.4, 0.5) is 5.82 Å². The maximum Gasteiger partial charge on any atom is 0.240 e. The summed E-state index contributed by atoms with van der Waals surface area (Å²) in [5.74, 6) is 1.66. The first-order valence-corrected chi connectivity index (χ1v) is 6.98. The second kappa shape index (κ2) is 5.90. The molecule has 20 heavy (non-hydrogen) atoms. The predicted octanol–water partition coefficient (Wildman–Crippen LogP) is 5.15. The van der Waals surface area contributed by atoms with Crippen LogP contribution >= 0.6 is 23.2 Å². The first-order chi connectivity index (χ1) is 9.43. The van der Waals surface area contributed by atoms with E-state index in [9.17, 15) is 0 Å². The Labute approximate surface area is 128 Å². The van der Waals surface area contributed by atoms with Crippen molar-refractivity contribution in [3.8, 4) is 11.6 Å². The minimum Gasteiger partial charge on any atom is -0.437 e. The molecule has 1 aromatic heterocycles. The molecule has 2 rings (SSSR count).